The van der Waals surface area contributed by atoms with Crippen molar-refractivity contribution >= 4 is 17.2 Å². The minimum Gasteiger partial charge on any atom is -0.337 e. The smallest absolute Gasteiger partial charge is 0.228 e. The zero-order valence-electron chi connectivity index (χ0n) is 12.6. The van der Waals surface area contributed by atoms with Crippen LogP contribution in [0.2, 0.25) is 0 Å². The highest BCUT2D eigenvalue weighted by Crippen LogP contribution is 2.32. The Bertz CT molecular complexity index is 658. The molecule has 0 fully saturated rings. The lowest BCUT2D eigenvalue weighted by Gasteiger charge is -2.31. The fraction of sp³-hybridized carbons (Fsp3) is 0.438. The minimum atomic E-state index is -0.323. The Labute approximate surface area is 128 Å². The van der Waals surface area contributed by atoms with Gasteiger partial charge in [0.25, 0.3) is 0 Å². The number of nitrogens with zero attached hydrogens (tertiary/aromatic N) is 3. The van der Waals surface area contributed by atoms with E-state index in [1.54, 1.807) is 23.7 Å². The Hall–Kier alpha value is -1.75. The minimum absolute atomic E-state index is 0.215. The van der Waals surface area contributed by atoms with Crippen LogP contribution in [0.1, 0.15) is 31.3 Å². The number of aromatic nitrogens is 2. The number of carbonyl (C=O) groups is 1. The Balaban J connectivity index is 1.84. The number of hydrogen-bond donors (Lipinski definition) is 0. The maximum absolute atomic E-state index is 12.4. The molecule has 0 radical (unpaired) electrons. The van der Waals surface area contributed by atoms with Crippen molar-refractivity contribution in [2.45, 2.75) is 33.7 Å². The van der Waals surface area contributed by atoms with Crippen molar-refractivity contribution in [2.75, 3.05) is 6.54 Å². The maximum atomic E-state index is 12.4. The predicted octanol–water partition coefficient (Wildman–Crippen LogP) is 3.14. The monoisotopic (exact) mass is 301 g/mol. The summed E-state index contributed by atoms with van der Waals surface area (Å²) in [5.74, 6) is 0.215. The van der Waals surface area contributed by atoms with E-state index in [1.165, 1.54) is 4.88 Å². The average Bonchev–Trinajstić information content (AvgIpc) is 2.89. The van der Waals surface area contributed by atoms with Crippen LogP contribution >= 0.6 is 11.3 Å². The first kappa shape index (κ1) is 14.2. The molecule has 0 N–H and O–H groups in total. The Kier molecular flexibility index (Phi) is 3.53. The molecule has 0 bridgehead atoms. The van der Waals surface area contributed by atoms with Crippen molar-refractivity contribution < 1.29 is 4.79 Å². The molecule has 21 heavy (non-hydrogen) atoms. The molecular weight excluding hydrogens is 282 g/mol. The number of amides is 1. The van der Waals surface area contributed by atoms with E-state index < -0.39 is 0 Å². The Morgan fingerprint density at radius 2 is 2.00 bits per heavy atom. The SMILES string of the molecule is CC(C)(C)C(=O)N1CCc2nc(-c3ccncc3)sc2C1. The van der Waals surface area contributed by atoms with Crippen LogP contribution in [0.25, 0.3) is 10.6 Å². The zero-order valence-corrected chi connectivity index (χ0v) is 13.4. The fourth-order valence-electron chi connectivity index (χ4n) is 2.46. The van der Waals surface area contributed by atoms with Gasteiger partial charge in [-0.05, 0) is 12.1 Å². The third-order valence-electron chi connectivity index (χ3n) is 3.59. The van der Waals surface area contributed by atoms with Gasteiger partial charge in [0.15, 0.2) is 0 Å². The number of hydrogen-bond acceptors (Lipinski definition) is 4. The lowest BCUT2D eigenvalue weighted by atomic mass is 9.94. The Morgan fingerprint density at radius 1 is 1.29 bits per heavy atom. The van der Waals surface area contributed by atoms with Crippen LogP contribution in [-0.2, 0) is 17.8 Å². The van der Waals surface area contributed by atoms with Gasteiger partial charge in [0.1, 0.15) is 5.01 Å². The molecule has 0 aliphatic carbocycles. The van der Waals surface area contributed by atoms with Crippen molar-refractivity contribution in [3.05, 3.63) is 35.1 Å². The molecule has 1 aliphatic heterocycles. The molecule has 110 valence electrons. The third-order valence-corrected chi connectivity index (χ3v) is 4.72. The number of thiazole rings is 1. The first-order valence-corrected chi connectivity index (χ1v) is 7.95. The molecule has 0 unspecified atom stereocenters. The molecule has 5 heteroatoms. The summed E-state index contributed by atoms with van der Waals surface area (Å²) in [6, 6.07) is 3.95. The summed E-state index contributed by atoms with van der Waals surface area (Å²) in [6.45, 7) is 7.37. The van der Waals surface area contributed by atoms with Crippen LogP contribution in [0, 0.1) is 5.41 Å². The van der Waals surface area contributed by atoms with Gasteiger partial charge in [-0.3, -0.25) is 9.78 Å². The van der Waals surface area contributed by atoms with E-state index >= 15 is 0 Å². The highest BCUT2D eigenvalue weighted by Gasteiger charge is 2.31. The van der Waals surface area contributed by atoms with Crippen molar-refractivity contribution in [1.29, 1.82) is 0 Å². The first-order valence-electron chi connectivity index (χ1n) is 7.13. The van der Waals surface area contributed by atoms with E-state index in [2.05, 4.69) is 4.98 Å². The Morgan fingerprint density at radius 3 is 2.67 bits per heavy atom. The van der Waals surface area contributed by atoms with E-state index in [1.807, 2.05) is 37.8 Å². The number of pyridine rings is 1. The van der Waals surface area contributed by atoms with E-state index in [9.17, 15) is 4.79 Å². The van der Waals surface area contributed by atoms with E-state index in [-0.39, 0.29) is 11.3 Å². The lowest BCUT2D eigenvalue weighted by molar-refractivity contribution is -0.140. The topological polar surface area (TPSA) is 46.1 Å². The summed E-state index contributed by atoms with van der Waals surface area (Å²) in [4.78, 5) is 24.3. The van der Waals surface area contributed by atoms with Crippen LogP contribution in [-0.4, -0.2) is 27.3 Å². The summed E-state index contributed by atoms with van der Waals surface area (Å²) in [5.41, 5.74) is 1.92. The quantitative estimate of drug-likeness (QED) is 0.813. The maximum Gasteiger partial charge on any atom is 0.228 e. The summed E-state index contributed by atoms with van der Waals surface area (Å²) >= 11 is 1.69. The molecule has 3 rings (SSSR count). The fourth-order valence-corrected chi connectivity index (χ4v) is 3.59. The van der Waals surface area contributed by atoms with Crippen molar-refractivity contribution in [3.63, 3.8) is 0 Å². The van der Waals surface area contributed by atoms with Crippen LogP contribution in [0.15, 0.2) is 24.5 Å². The summed E-state index contributed by atoms with van der Waals surface area (Å²) in [6.07, 6.45) is 4.41. The number of rotatable bonds is 1. The molecule has 0 spiro atoms. The van der Waals surface area contributed by atoms with Gasteiger partial charge in [-0.1, -0.05) is 20.8 Å². The molecule has 0 atom stereocenters. The second kappa shape index (κ2) is 5.22. The molecular formula is C16H19N3OS. The van der Waals surface area contributed by atoms with Crippen LogP contribution < -0.4 is 0 Å². The first-order chi connectivity index (χ1) is 9.95. The molecule has 0 saturated heterocycles. The molecule has 2 aromatic rings. The van der Waals surface area contributed by atoms with Crippen LogP contribution in [0.5, 0.6) is 0 Å². The summed E-state index contributed by atoms with van der Waals surface area (Å²) in [5, 5.41) is 1.02. The lowest BCUT2D eigenvalue weighted by Crippen LogP contribution is -2.42. The third kappa shape index (κ3) is 2.83. The molecule has 4 nitrogen and oxygen atoms in total. The van der Waals surface area contributed by atoms with E-state index in [4.69, 9.17) is 4.98 Å². The van der Waals surface area contributed by atoms with Gasteiger partial charge in [-0.25, -0.2) is 4.98 Å². The van der Waals surface area contributed by atoms with Crippen molar-refractivity contribution in [2.24, 2.45) is 5.41 Å². The van der Waals surface area contributed by atoms with Crippen molar-refractivity contribution in [1.82, 2.24) is 14.9 Å². The molecule has 2 aromatic heterocycles. The molecule has 3 heterocycles. The predicted molar refractivity (Wildman–Crippen MR) is 83.9 cm³/mol. The molecule has 0 aromatic carbocycles. The molecule has 1 amide bonds. The van der Waals surface area contributed by atoms with E-state index in [0.717, 1.165) is 29.2 Å². The second-order valence-corrected chi connectivity index (χ2v) is 7.44. The van der Waals surface area contributed by atoms with Gasteiger partial charge in [-0.15, -0.1) is 11.3 Å². The number of carbonyl (C=O) groups excluding carboxylic acids is 1. The van der Waals surface area contributed by atoms with E-state index in [0.29, 0.717) is 6.54 Å². The van der Waals surface area contributed by atoms with Gasteiger partial charge in [0, 0.05) is 41.2 Å². The number of fused-ring (bicyclic) bond motifs is 1. The largest absolute Gasteiger partial charge is 0.337 e. The normalized spacial score (nSPS) is 14.9. The average molecular weight is 301 g/mol. The summed E-state index contributed by atoms with van der Waals surface area (Å²) < 4.78 is 0. The van der Waals surface area contributed by atoms with Crippen molar-refractivity contribution in [3.8, 4) is 10.6 Å². The van der Waals surface area contributed by atoms with Gasteiger partial charge >= 0.3 is 0 Å². The van der Waals surface area contributed by atoms with Gasteiger partial charge in [-0.2, -0.15) is 0 Å². The molecule has 0 saturated carbocycles. The van der Waals surface area contributed by atoms with Crippen LogP contribution in [0.4, 0.5) is 0 Å². The highest BCUT2D eigenvalue weighted by atomic mass is 32.1. The van der Waals surface area contributed by atoms with Gasteiger partial charge in [0.2, 0.25) is 5.91 Å². The van der Waals surface area contributed by atoms with Gasteiger partial charge in [0.05, 0.1) is 12.2 Å². The standard InChI is InChI=1S/C16H19N3OS/c1-16(2,3)15(20)19-9-6-12-13(10-19)21-14(18-12)11-4-7-17-8-5-11/h4-5,7-8H,6,9-10H2,1-3H3. The second-order valence-electron chi connectivity index (χ2n) is 6.35. The van der Waals surface area contributed by atoms with Gasteiger partial charge < -0.3 is 4.90 Å². The zero-order chi connectivity index (χ0) is 15.0. The van der Waals surface area contributed by atoms with Crippen LogP contribution in [0.3, 0.4) is 0 Å². The summed E-state index contributed by atoms with van der Waals surface area (Å²) in [7, 11) is 0. The highest BCUT2D eigenvalue weighted by molar-refractivity contribution is 7.15. The molecule has 1 aliphatic rings.